The van der Waals surface area contributed by atoms with Gasteiger partial charge in [-0.2, -0.15) is 18.3 Å². The molecule has 1 amide bonds. The lowest BCUT2D eigenvalue weighted by atomic mass is 10.1. The summed E-state index contributed by atoms with van der Waals surface area (Å²) in [4.78, 5) is 26.1. The zero-order chi connectivity index (χ0) is 28.4. The van der Waals surface area contributed by atoms with E-state index >= 15 is 0 Å². The largest absolute Gasteiger partial charge is 0.471 e. The molecule has 1 saturated heterocycles. The zero-order valence-corrected chi connectivity index (χ0v) is 22.6. The molecule has 4 aromatic rings. The number of amides is 1. The topological polar surface area (TPSA) is 81.9 Å². The summed E-state index contributed by atoms with van der Waals surface area (Å²) in [5.74, 6) is -0.321. The van der Waals surface area contributed by atoms with Gasteiger partial charge in [0.1, 0.15) is 18.0 Å². The first-order valence-electron chi connectivity index (χ1n) is 13.1. The number of benzene rings is 1. The summed E-state index contributed by atoms with van der Waals surface area (Å²) in [5, 5.41) is 7.66. The first kappa shape index (κ1) is 27.4. The Kier molecular flexibility index (Phi) is 7.61. The number of rotatable bonds is 8. The van der Waals surface area contributed by atoms with Crippen LogP contribution in [0.3, 0.4) is 0 Å². The molecule has 1 aliphatic heterocycles. The molecule has 0 spiro atoms. The maximum atomic E-state index is 13.3. The second-order valence-corrected chi connectivity index (χ2v) is 10.2. The molecule has 3 aromatic heterocycles. The van der Waals surface area contributed by atoms with E-state index in [0.29, 0.717) is 23.2 Å². The summed E-state index contributed by atoms with van der Waals surface area (Å²) >= 11 is 0. The Bertz CT molecular complexity index is 1490. The van der Waals surface area contributed by atoms with Crippen LogP contribution in [-0.4, -0.2) is 76.3 Å². The highest BCUT2D eigenvalue weighted by Crippen LogP contribution is 2.31. The second kappa shape index (κ2) is 11.1. The number of halogens is 3. The van der Waals surface area contributed by atoms with Gasteiger partial charge >= 0.3 is 12.1 Å². The molecular formula is C28H31F3N8O. The van der Waals surface area contributed by atoms with Crippen LogP contribution in [0.1, 0.15) is 19.8 Å². The van der Waals surface area contributed by atoms with Crippen LogP contribution in [0.2, 0.25) is 0 Å². The molecule has 40 heavy (non-hydrogen) atoms. The second-order valence-electron chi connectivity index (χ2n) is 10.2. The normalized spacial score (nSPS) is 15.7. The first-order valence-corrected chi connectivity index (χ1v) is 13.1. The highest BCUT2D eigenvalue weighted by Gasteiger charge is 2.43. The molecule has 4 heterocycles. The van der Waals surface area contributed by atoms with Gasteiger partial charge in [0.2, 0.25) is 0 Å². The number of carbonyl (C=O) groups is 1. The first-order chi connectivity index (χ1) is 19.1. The van der Waals surface area contributed by atoms with Crippen molar-refractivity contribution in [2.24, 2.45) is 0 Å². The lowest BCUT2D eigenvalue weighted by Gasteiger charge is -2.25. The van der Waals surface area contributed by atoms with E-state index in [0.717, 1.165) is 41.2 Å². The summed E-state index contributed by atoms with van der Waals surface area (Å²) in [6.45, 7) is 3.36. The van der Waals surface area contributed by atoms with Gasteiger partial charge in [0, 0.05) is 43.1 Å². The fourth-order valence-electron chi connectivity index (χ4n) is 4.88. The van der Waals surface area contributed by atoms with Crippen molar-refractivity contribution in [2.45, 2.75) is 32.0 Å². The standard InChI is InChI=1S/C28H31F3N8O/c1-19-6-5-13-37(19)25-8-4-7-24(35-25)34-23-16-21(17-39-26(23)32-18-33-39)20-9-11-22(12-10-20)38(15-14-36(2)3)27(40)28(29,30)31/h4,7-12,16-19H,5-6,13-15H2,1-3H3,(H,34,35). The van der Waals surface area contributed by atoms with Crippen LogP contribution in [0.4, 0.5) is 36.2 Å². The fourth-order valence-corrected chi connectivity index (χ4v) is 4.88. The Balaban J connectivity index is 1.44. The van der Waals surface area contributed by atoms with Gasteiger partial charge in [-0.1, -0.05) is 18.2 Å². The Hall–Kier alpha value is -4.19. The number of alkyl halides is 3. The molecule has 9 nitrogen and oxygen atoms in total. The molecule has 5 rings (SSSR count). The van der Waals surface area contributed by atoms with Crippen molar-refractivity contribution >= 4 is 34.6 Å². The number of hydrogen-bond acceptors (Lipinski definition) is 7. The summed E-state index contributed by atoms with van der Waals surface area (Å²) in [7, 11) is 3.48. The Morgan fingerprint density at radius 2 is 1.88 bits per heavy atom. The van der Waals surface area contributed by atoms with Gasteiger partial charge in [0.25, 0.3) is 0 Å². The molecule has 1 fully saturated rings. The predicted octanol–water partition coefficient (Wildman–Crippen LogP) is 4.98. The van der Waals surface area contributed by atoms with Crippen molar-refractivity contribution < 1.29 is 18.0 Å². The lowest BCUT2D eigenvalue weighted by molar-refractivity contribution is -0.170. The van der Waals surface area contributed by atoms with Gasteiger partial charge in [0.15, 0.2) is 5.65 Å². The van der Waals surface area contributed by atoms with Gasteiger partial charge in [-0.3, -0.25) is 4.79 Å². The van der Waals surface area contributed by atoms with Crippen LogP contribution in [0, 0.1) is 0 Å². The smallest absolute Gasteiger partial charge is 0.354 e. The molecule has 0 saturated carbocycles. The number of nitrogens with one attached hydrogen (secondary N) is 1. The quantitative estimate of drug-likeness (QED) is 0.330. The number of likely N-dealkylation sites (N-methyl/N-ethyl adjacent to an activating group) is 1. The number of hydrogen-bond donors (Lipinski definition) is 1. The maximum absolute atomic E-state index is 13.3. The molecular weight excluding hydrogens is 521 g/mol. The van der Waals surface area contributed by atoms with Crippen molar-refractivity contribution in [3.8, 4) is 11.1 Å². The Morgan fingerprint density at radius 1 is 1.10 bits per heavy atom. The van der Waals surface area contributed by atoms with Crippen molar-refractivity contribution in [3.05, 3.63) is 61.1 Å². The van der Waals surface area contributed by atoms with Gasteiger partial charge in [-0.05, 0) is 69.8 Å². The molecule has 1 atom stereocenters. The summed E-state index contributed by atoms with van der Waals surface area (Å²) in [6, 6.07) is 14.6. The van der Waals surface area contributed by atoms with Crippen LogP contribution in [0.25, 0.3) is 16.8 Å². The van der Waals surface area contributed by atoms with Crippen molar-refractivity contribution in [1.29, 1.82) is 0 Å². The molecule has 12 heteroatoms. The van der Waals surface area contributed by atoms with E-state index in [1.54, 1.807) is 41.8 Å². The molecule has 1 N–H and O–H groups in total. The van der Waals surface area contributed by atoms with Gasteiger partial charge in [0.05, 0.1) is 5.69 Å². The van der Waals surface area contributed by atoms with E-state index in [4.69, 9.17) is 4.98 Å². The minimum Gasteiger partial charge on any atom is -0.354 e. The highest BCUT2D eigenvalue weighted by molar-refractivity contribution is 5.97. The van der Waals surface area contributed by atoms with Crippen molar-refractivity contribution in [2.75, 3.05) is 48.8 Å². The summed E-state index contributed by atoms with van der Waals surface area (Å²) in [6.07, 6.45) is 0.553. The van der Waals surface area contributed by atoms with Crippen LogP contribution < -0.4 is 15.1 Å². The minimum atomic E-state index is -4.97. The third kappa shape index (κ3) is 5.86. The summed E-state index contributed by atoms with van der Waals surface area (Å²) < 4.78 is 41.5. The highest BCUT2D eigenvalue weighted by atomic mass is 19.4. The van der Waals surface area contributed by atoms with Gasteiger partial charge < -0.3 is 20.0 Å². The van der Waals surface area contributed by atoms with E-state index in [9.17, 15) is 18.0 Å². The summed E-state index contributed by atoms with van der Waals surface area (Å²) in [5.41, 5.74) is 2.96. The molecule has 0 aliphatic carbocycles. The predicted molar refractivity (Wildman–Crippen MR) is 149 cm³/mol. The van der Waals surface area contributed by atoms with E-state index in [1.165, 1.54) is 18.5 Å². The number of pyridine rings is 2. The lowest BCUT2D eigenvalue weighted by Crippen LogP contribution is -2.44. The third-order valence-electron chi connectivity index (χ3n) is 6.99. The average molecular weight is 553 g/mol. The van der Waals surface area contributed by atoms with Crippen LogP contribution in [0.5, 0.6) is 0 Å². The van der Waals surface area contributed by atoms with Crippen LogP contribution in [-0.2, 0) is 4.79 Å². The zero-order valence-electron chi connectivity index (χ0n) is 22.6. The average Bonchev–Trinajstić information content (AvgIpc) is 3.57. The Morgan fingerprint density at radius 3 is 2.55 bits per heavy atom. The van der Waals surface area contributed by atoms with E-state index in [1.807, 2.05) is 24.3 Å². The molecule has 0 bridgehead atoms. The monoisotopic (exact) mass is 552 g/mol. The van der Waals surface area contributed by atoms with E-state index in [2.05, 4.69) is 27.2 Å². The number of fused-ring (bicyclic) bond motifs is 1. The number of nitrogens with zero attached hydrogens (tertiary/aromatic N) is 7. The molecule has 1 unspecified atom stereocenters. The maximum Gasteiger partial charge on any atom is 0.471 e. The van der Waals surface area contributed by atoms with Crippen LogP contribution >= 0.6 is 0 Å². The third-order valence-corrected chi connectivity index (χ3v) is 6.99. The number of aromatic nitrogens is 4. The van der Waals surface area contributed by atoms with Gasteiger partial charge in [-0.15, -0.1) is 0 Å². The SMILES string of the molecule is CC1CCCN1c1cccc(Nc2cc(-c3ccc(N(CCN(C)C)C(=O)C(F)(F)F)cc3)cn3ncnc23)n1. The van der Waals surface area contributed by atoms with Crippen molar-refractivity contribution in [1.82, 2.24) is 24.5 Å². The molecule has 210 valence electrons. The Labute approximate surface area is 230 Å². The number of carbonyl (C=O) groups excluding carboxylic acids is 1. The molecule has 0 radical (unpaired) electrons. The van der Waals surface area contributed by atoms with Crippen molar-refractivity contribution in [3.63, 3.8) is 0 Å². The van der Waals surface area contributed by atoms with E-state index < -0.39 is 12.1 Å². The van der Waals surface area contributed by atoms with Crippen LogP contribution in [0.15, 0.2) is 61.1 Å². The fraction of sp³-hybridized carbons (Fsp3) is 0.357. The van der Waals surface area contributed by atoms with E-state index in [-0.39, 0.29) is 18.8 Å². The minimum absolute atomic E-state index is 0.0913. The van der Waals surface area contributed by atoms with Gasteiger partial charge in [-0.25, -0.2) is 14.5 Å². The number of anilines is 4. The molecule has 1 aliphatic rings. The molecule has 1 aromatic carbocycles.